The third-order valence-electron chi connectivity index (χ3n) is 2.31. The number of anilines is 1. The molecule has 0 aliphatic carbocycles. The fourth-order valence-electron chi connectivity index (χ4n) is 1.32. The van der Waals surface area contributed by atoms with Gasteiger partial charge in [0.15, 0.2) is 0 Å². The first-order chi connectivity index (χ1) is 8.00. The summed E-state index contributed by atoms with van der Waals surface area (Å²) in [4.78, 5) is 12.9. The van der Waals surface area contributed by atoms with E-state index in [2.05, 4.69) is 27.9 Å². The number of amides is 1. The summed E-state index contributed by atoms with van der Waals surface area (Å²) in [6.07, 6.45) is 1.29. The molecule has 0 aliphatic heterocycles. The summed E-state index contributed by atoms with van der Waals surface area (Å²) in [6, 6.07) is 4.62. The highest BCUT2D eigenvalue weighted by Crippen LogP contribution is 2.18. The third kappa shape index (κ3) is 4.89. The van der Waals surface area contributed by atoms with Crippen LogP contribution in [0.4, 0.5) is 10.1 Å². The molecule has 0 radical (unpaired) electrons. The van der Waals surface area contributed by atoms with Crippen molar-refractivity contribution < 1.29 is 9.18 Å². The van der Waals surface area contributed by atoms with Gasteiger partial charge < -0.3 is 10.2 Å². The molecule has 5 heteroatoms. The first kappa shape index (κ1) is 14.2. The number of nitrogens with zero attached hydrogens (tertiary/aromatic N) is 1. The lowest BCUT2D eigenvalue weighted by Crippen LogP contribution is -2.22. The number of hydrogen-bond acceptors (Lipinski definition) is 2. The highest BCUT2D eigenvalue weighted by Gasteiger charge is 2.04. The van der Waals surface area contributed by atoms with Gasteiger partial charge in [-0.15, -0.1) is 0 Å². The number of benzene rings is 1. The van der Waals surface area contributed by atoms with Crippen molar-refractivity contribution in [3.8, 4) is 0 Å². The zero-order chi connectivity index (χ0) is 12.8. The van der Waals surface area contributed by atoms with Crippen molar-refractivity contribution in [2.75, 3.05) is 26.0 Å². The lowest BCUT2D eigenvalue weighted by Gasteiger charge is -2.11. The molecule has 17 heavy (non-hydrogen) atoms. The first-order valence-corrected chi connectivity index (χ1v) is 6.47. The van der Waals surface area contributed by atoms with E-state index in [9.17, 15) is 9.18 Å². The van der Waals surface area contributed by atoms with Crippen molar-refractivity contribution in [2.45, 2.75) is 12.8 Å². The van der Waals surface area contributed by atoms with Gasteiger partial charge in [0.2, 0.25) is 5.91 Å². The average molecular weight is 350 g/mol. The second-order valence-electron chi connectivity index (χ2n) is 3.94. The van der Waals surface area contributed by atoms with E-state index in [1.54, 1.807) is 25.1 Å². The number of halogens is 2. The van der Waals surface area contributed by atoms with Crippen LogP contribution in [0.2, 0.25) is 0 Å². The summed E-state index contributed by atoms with van der Waals surface area (Å²) in [7, 11) is 3.50. The Bertz CT molecular complexity index is 396. The standard InChI is InChI=1S/C12H16FIN2O/c1-16(2)12(17)4-3-7-15-11-6-5-9(13)8-10(11)14/h5-6,8,15H,3-4,7H2,1-2H3. The Morgan fingerprint density at radius 3 is 2.76 bits per heavy atom. The largest absolute Gasteiger partial charge is 0.384 e. The van der Waals surface area contributed by atoms with E-state index in [0.717, 1.165) is 15.7 Å². The molecule has 0 bridgehead atoms. The maximum atomic E-state index is 12.8. The van der Waals surface area contributed by atoms with Crippen molar-refractivity contribution in [1.82, 2.24) is 4.90 Å². The minimum Gasteiger partial charge on any atom is -0.384 e. The van der Waals surface area contributed by atoms with Gasteiger partial charge in [0.1, 0.15) is 5.82 Å². The average Bonchev–Trinajstić information content (AvgIpc) is 2.26. The molecule has 0 aliphatic rings. The van der Waals surface area contributed by atoms with E-state index in [4.69, 9.17) is 0 Å². The van der Waals surface area contributed by atoms with Crippen molar-refractivity contribution in [2.24, 2.45) is 0 Å². The normalized spacial score (nSPS) is 10.1. The van der Waals surface area contributed by atoms with Gasteiger partial charge >= 0.3 is 0 Å². The molecule has 94 valence electrons. The molecule has 0 saturated heterocycles. The van der Waals surface area contributed by atoms with Gasteiger partial charge in [0.25, 0.3) is 0 Å². The second-order valence-corrected chi connectivity index (χ2v) is 5.10. The lowest BCUT2D eigenvalue weighted by molar-refractivity contribution is -0.128. The number of carbonyl (C=O) groups is 1. The van der Waals surface area contributed by atoms with Crippen molar-refractivity contribution >= 4 is 34.2 Å². The summed E-state index contributed by atoms with van der Waals surface area (Å²) in [5.74, 6) is -0.108. The third-order valence-corrected chi connectivity index (χ3v) is 3.21. The molecule has 0 heterocycles. The van der Waals surface area contributed by atoms with Crippen molar-refractivity contribution in [3.63, 3.8) is 0 Å². The number of nitrogens with one attached hydrogen (secondary N) is 1. The van der Waals surface area contributed by atoms with Gasteiger partial charge in [-0.1, -0.05) is 0 Å². The van der Waals surface area contributed by atoms with E-state index in [-0.39, 0.29) is 11.7 Å². The van der Waals surface area contributed by atoms with Crippen LogP contribution in [0.15, 0.2) is 18.2 Å². The molecule has 0 spiro atoms. The monoisotopic (exact) mass is 350 g/mol. The van der Waals surface area contributed by atoms with Gasteiger partial charge in [0, 0.05) is 36.3 Å². The molecule has 0 aromatic heterocycles. The molecular formula is C12H16FIN2O. The molecule has 1 amide bonds. The lowest BCUT2D eigenvalue weighted by atomic mass is 10.2. The van der Waals surface area contributed by atoms with Crippen LogP contribution in [0.25, 0.3) is 0 Å². The summed E-state index contributed by atoms with van der Waals surface area (Å²) >= 11 is 2.08. The molecule has 0 saturated carbocycles. The van der Waals surface area contributed by atoms with Crippen molar-refractivity contribution in [1.29, 1.82) is 0 Å². The van der Waals surface area contributed by atoms with E-state index in [0.29, 0.717) is 13.0 Å². The summed E-state index contributed by atoms with van der Waals surface area (Å²) in [6.45, 7) is 0.710. The highest BCUT2D eigenvalue weighted by molar-refractivity contribution is 14.1. The number of carbonyl (C=O) groups excluding carboxylic acids is 1. The maximum Gasteiger partial charge on any atom is 0.222 e. The topological polar surface area (TPSA) is 32.3 Å². The fourth-order valence-corrected chi connectivity index (χ4v) is 1.99. The number of rotatable bonds is 5. The maximum absolute atomic E-state index is 12.8. The van der Waals surface area contributed by atoms with Crippen molar-refractivity contribution in [3.05, 3.63) is 27.6 Å². The number of hydrogen-bond donors (Lipinski definition) is 1. The van der Waals surface area contributed by atoms with Crippen LogP contribution < -0.4 is 5.32 Å². The van der Waals surface area contributed by atoms with Crippen LogP contribution in [0.1, 0.15) is 12.8 Å². The van der Waals surface area contributed by atoms with Gasteiger partial charge in [-0.3, -0.25) is 4.79 Å². The molecule has 1 aromatic carbocycles. The molecule has 1 aromatic rings. The van der Waals surface area contributed by atoms with Crippen LogP contribution in [0.5, 0.6) is 0 Å². The van der Waals surface area contributed by atoms with E-state index in [1.165, 1.54) is 12.1 Å². The molecule has 0 atom stereocenters. The van der Waals surface area contributed by atoms with Crippen LogP contribution in [-0.4, -0.2) is 31.4 Å². The summed E-state index contributed by atoms with van der Waals surface area (Å²) in [5.41, 5.74) is 0.907. The first-order valence-electron chi connectivity index (χ1n) is 5.40. The zero-order valence-electron chi connectivity index (χ0n) is 9.96. The van der Waals surface area contributed by atoms with Crippen LogP contribution in [-0.2, 0) is 4.79 Å². The van der Waals surface area contributed by atoms with E-state index >= 15 is 0 Å². The quantitative estimate of drug-likeness (QED) is 0.654. The molecule has 3 nitrogen and oxygen atoms in total. The van der Waals surface area contributed by atoms with Gasteiger partial charge in [-0.2, -0.15) is 0 Å². The Morgan fingerprint density at radius 2 is 2.18 bits per heavy atom. The zero-order valence-corrected chi connectivity index (χ0v) is 12.1. The predicted molar refractivity (Wildman–Crippen MR) is 75.5 cm³/mol. The van der Waals surface area contributed by atoms with Crippen LogP contribution in [0.3, 0.4) is 0 Å². The van der Waals surface area contributed by atoms with E-state index < -0.39 is 0 Å². The molecule has 1 rings (SSSR count). The Labute approximate surface area is 115 Å². The summed E-state index contributed by atoms with van der Waals surface area (Å²) in [5, 5.41) is 3.19. The van der Waals surface area contributed by atoms with Crippen LogP contribution >= 0.6 is 22.6 Å². The SMILES string of the molecule is CN(C)C(=O)CCCNc1ccc(F)cc1I. The minimum absolute atomic E-state index is 0.126. The molecule has 0 fully saturated rings. The Balaban J connectivity index is 2.34. The van der Waals surface area contributed by atoms with Crippen LogP contribution in [0, 0.1) is 9.39 Å². The smallest absolute Gasteiger partial charge is 0.222 e. The molecule has 1 N–H and O–H groups in total. The second kappa shape index (κ2) is 6.78. The Hall–Kier alpha value is -0.850. The van der Waals surface area contributed by atoms with Gasteiger partial charge in [-0.25, -0.2) is 4.39 Å². The van der Waals surface area contributed by atoms with E-state index in [1.807, 2.05) is 0 Å². The predicted octanol–water partition coefficient (Wildman–Crippen LogP) is 2.71. The Kier molecular flexibility index (Phi) is 5.67. The highest BCUT2D eigenvalue weighted by atomic mass is 127. The summed E-state index contributed by atoms with van der Waals surface area (Å²) < 4.78 is 13.7. The van der Waals surface area contributed by atoms with Gasteiger partial charge in [0.05, 0.1) is 0 Å². The molecular weight excluding hydrogens is 334 g/mol. The Morgan fingerprint density at radius 1 is 1.47 bits per heavy atom. The van der Waals surface area contributed by atoms with Gasteiger partial charge in [-0.05, 0) is 47.2 Å². The fraction of sp³-hybridized carbons (Fsp3) is 0.417. The minimum atomic E-state index is -0.234. The molecule has 0 unspecified atom stereocenters.